The molecule has 0 unspecified atom stereocenters. The fourth-order valence-electron chi connectivity index (χ4n) is 3.74. The van der Waals surface area contributed by atoms with Gasteiger partial charge in [0.2, 0.25) is 0 Å². The Morgan fingerprint density at radius 3 is 2.62 bits per heavy atom. The van der Waals surface area contributed by atoms with E-state index in [9.17, 15) is 9.18 Å². The molecule has 1 aliphatic rings. The standard InChI is InChI=1S/C22H18FN3O2S/c23-15-8-6-14(7-9-15)20-19-16(22(27)26-10-2-1-3-11-26)13-17(18-5-4-12-29-18)24-21(19)28-25-20/h4-9,12-13H,1-3,10-11H2. The lowest BCUT2D eigenvalue weighted by Gasteiger charge is -2.27. The fourth-order valence-corrected chi connectivity index (χ4v) is 4.43. The summed E-state index contributed by atoms with van der Waals surface area (Å²) in [5.74, 6) is -0.370. The van der Waals surface area contributed by atoms with Crippen molar-refractivity contribution in [3.8, 4) is 21.8 Å². The first-order valence-corrected chi connectivity index (χ1v) is 10.5. The van der Waals surface area contributed by atoms with Crippen molar-refractivity contribution in [2.75, 3.05) is 13.1 Å². The number of thiophene rings is 1. The number of hydrogen-bond donors (Lipinski definition) is 0. The Hall–Kier alpha value is -3.06. The molecule has 0 spiro atoms. The number of fused-ring (bicyclic) bond motifs is 1. The van der Waals surface area contributed by atoms with Gasteiger partial charge in [0, 0.05) is 18.7 Å². The number of carbonyl (C=O) groups excluding carboxylic acids is 1. The molecule has 3 aromatic heterocycles. The molecular formula is C22H18FN3O2S. The lowest BCUT2D eigenvalue weighted by Crippen LogP contribution is -2.35. The number of benzene rings is 1. The number of carbonyl (C=O) groups is 1. The third-order valence-electron chi connectivity index (χ3n) is 5.21. The lowest BCUT2D eigenvalue weighted by atomic mass is 10.0. The lowest BCUT2D eigenvalue weighted by molar-refractivity contribution is 0.0726. The van der Waals surface area contributed by atoms with Gasteiger partial charge < -0.3 is 9.42 Å². The first kappa shape index (κ1) is 18.0. The minimum Gasteiger partial charge on any atom is -0.339 e. The molecule has 5 rings (SSSR count). The minimum absolute atomic E-state index is 0.0403. The highest BCUT2D eigenvalue weighted by atomic mass is 32.1. The van der Waals surface area contributed by atoms with Crippen LogP contribution in [-0.2, 0) is 0 Å². The average Bonchev–Trinajstić information content (AvgIpc) is 3.44. The van der Waals surface area contributed by atoms with E-state index < -0.39 is 0 Å². The summed E-state index contributed by atoms with van der Waals surface area (Å²) < 4.78 is 18.9. The third kappa shape index (κ3) is 3.31. The zero-order valence-electron chi connectivity index (χ0n) is 15.6. The number of halogens is 1. The molecule has 0 bridgehead atoms. The number of amides is 1. The smallest absolute Gasteiger partial charge is 0.259 e. The van der Waals surface area contributed by atoms with Gasteiger partial charge in [-0.25, -0.2) is 9.37 Å². The van der Waals surface area contributed by atoms with Crippen molar-refractivity contribution in [3.63, 3.8) is 0 Å². The summed E-state index contributed by atoms with van der Waals surface area (Å²) in [5, 5.41) is 6.72. The minimum atomic E-state index is -0.329. The predicted molar refractivity (Wildman–Crippen MR) is 110 cm³/mol. The summed E-state index contributed by atoms with van der Waals surface area (Å²) in [5.41, 5.74) is 2.72. The second-order valence-corrected chi connectivity index (χ2v) is 8.05. The molecule has 4 aromatic rings. The molecule has 5 nitrogen and oxygen atoms in total. The highest BCUT2D eigenvalue weighted by Crippen LogP contribution is 2.34. The van der Waals surface area contributed by atoms with E-state index >= 15 is 0 Å². The van der Waals surface area contributed by atoms with Crippen molar-refractivity contribution < 1.29 is 13.7 Å². The van der Waals surface area contributed by atoms with E-state index in [-0.39, 0.29) is 11.7 Å². The summed E-state index contributed by atoms with van der Waals surface area (Å²) in [7, 11) is 0. The van der Waals surface area contributed by atoms with Crippen molar-refractivity contribution in [2.24, 2.45) is 0 Å². The van der Waals surface area contributed by atoms with Crippen molar-refractivity contribution in [3.05, 3.63) is 59.2 Å². The number of piperidine rings is 1. The van der Waals surface area contributed by atoms with E-state index in [4.69, 9.17) is 4.52 Å². The van der Waals surface area contributed by atoms with Crippen LogP contribution < -0.4 is 0 Å². The largest absolute Gasteiger partial charge is 0.339 e. The summed E-state index contributed by atoms with van der Waals surface area (Å²) in [6, 6.07) is 11.7. The van der Waals surface area contributed by atoms with Crippen LogP contribution in [-0.4, -0.2) is 34.0 Å². The molecule has 1 fully saturated rings. The van der Waals surface area contributed by atoms with Crippen LogP contribution in [0.1, 0.15) is 29.6 Å². The zero-order valence-corrected chi connectivity index (χ0v) is 16.4. The van der Waals surface area contributed by atoms with Crippen LogP contribution in [0.5, 0.6) is 0 Å². The van der Waals surface area contributed by atoms with Crippen molar-refractivity contribution >= 4 is 28.3 Å². The molecule has 1 aliphatic heterocycles. The van der Waals surface area contributed by atoms with Gasteiger partial charge in [0.25, 0.3) is 11.6 Å². The molecule has 0 N–H and O–H groups in total. The fraction of sp³-hybridized carbons (Fsp3) is 0.227. The van der Waals surface area contributed by atoms with Gasteiger partial charge in [0.15, 0.2) is 0 Å². The monoisotopic (exact) mass is 407 g/mol. The molecule has 0 radical (unpaired) electrons. The first-order chi connectivity index (χ1) is 14.2. The maximum absolute atomic E-state index is 13.4. The highest BCUT2D eigenvalue weighted by Gasteiger charge is 2.26. The normalized spacial score (nSPS) is 14.4. The van der Waals surface area contributed by atoms with E-state index in [2.05, 4.69) is 10.1 Å². The maximum atomic E-state index is 13.4. The number of rotatable bonds is 3. The number of pyridine rings is 1. The van der Waals surface area contributed by atoms with Crippen LogP contribution in [0.15, 0.2) is 52.4 Å². The molecular weight excluding hydrogens is 389 g/mol. The molecule has 29 heavy (non-hydrogen) atoms. The van der Waals surface area contributed by atoms with Gasteiger partial charge in [-0.15, -0.1) is 11.3 Å². The van der Waals surface area contributed by atoms with Gasteiger partial charge in [-0.2, -0.15) is 0 Å². The van der Waals surface area contributed by atoms with Gasteiger partial charge in [0.1, 0.15) is 11.5 Å². The Morgan fingerprint density at radius 2 is 1.90 bits per heavy atom. The van der Waals surface area contributed by atoms with Crippen LogP contribution in [0.3, 0.4) is 0 Å². The molecule has 1 amide bonds. The molecule has 0 atom stereocenters. The van der Waals surface area contributed by atoms with E-state index in [0.29, 0.717) is 33.6 Å². The molecule has 1 saturated heterocycles. The number of aromatic nitrogens is 2. The van der Waals surface area contributed by atoms with Crippen molar-refractivity contribution in [1.29, 1.82) is 0 Å². The van der Waals surface area contributed by atoms with Crippen LogP contribution in [0, 0.1) is 5.82 Å². The Bertz CT molecular complexity index is 1160. The van der Waals surface area contributed by atoms with Gasteiger partial charge in [0.05, 0.1) is 21.5 Å². The van der Waals surface area contributed by atoms with Crippen LogP contribution in [0.25, 0.3) is 32.9 Å². The van der Waals surface area contributed by atoms with Gasteiger partial charge in [-0.05, 0) is 61.0 Å². The van der Waals surface area contributed by atoms with Crippen LogP contribution in [0.4, 0.5) is 4.39 Å². The summed E-state index contributed by atoms with van der Waals surface area (Å²) in [6.45, 7) is 1.49. The van der Waals surface area contributed by atoms with Crippen LogP contribution >= 0.6 is 11.3 Å². The summed E-state index contributed by atoms with van der Waals surface area (Å²) in [6.07, 6.45) is 3.16. The number of nitrogens with zero attached hydrogens (tertiary/aromatic N) is 3. The van der Waals surface area contributed by atoms with Crippen molar-refractivity contribution in [2.45, 2.75) is 19.3 Å². The maximum Gasteiger partial charge on any atom is 0.259 e. The molecule has 146 valence electrons. The van der Waals surface area contributed by atoms with Gasteiger partial charge in [-0.1, -0.05) is 11.2 Å². The Labute approximate surface area is 170 Å². The molecule has 7 heteroatoms. The molecule has 0 saturated carbocycles. The Kier molecular flexibility index (Phi) is 4.60. The second kappa shape index (κ2) is 7.40. The summed E-state index contributed by atoms with van der Waals surface area (Å²) >= 11 is 1.55. The predicted octanol–water partition coefficient (Wildman–Crippen LogP) is 5.38. The highest BCUT2D eigenvalue weighted by molar-refractivity contribution is 7.13. The first-order valence-electron chi connectivity index (χ1n) is 9.60. The molecule has 4 heterocycles. The number of likely N-dealkylation sites (tertiary alicyclic amines) is 1. The SMILES string of the molecule is O=C(c1cc(-c2cccs2)nc2onc(-c3ccc(F)cc3)c12)N1CCCCC1. The summed E-state index contributed by atoms with van der Waals surface area (Å²) in [4.78, 5) is 20.9. The van der Waals surface area contributed by atoms with E-state index in [1.807, 2.05) is 28.5 Å². The van der Waals surface area contributed by atoms with Gasteiger partial charge >= 0.3 is 0 Å². The molecule has 1 aromatic carbocycles. The second-order valence-electron chi connectivity index (χ2n) is 7.10. The van der Waals surface area contributed by atoms with Crippen molar-refractivity contribution in [1.82, 2.24) is 15.0 Å². The van der Waals surface area contributed by atoms with Gasteiger partial charge in [-0.3, -0.25) is 4.79 Å². The molecule has 0 aliphatic carbocycles. The quantitative estimate of drug-likeness (QED) is 0.457. The van der Waals surface area contributed by atoms with Crippen LogP contribution in [0.2, 0.25) is 0 Å². The zero-order chi connectivity index (χ0) is 19.8. The van der Waals surface area contributed by atoms with E-state index in [1.54, 1.807) is 23.5 Å². The van der Waals surface area contributed by atoms with E-state index in [1.165, 1.54) is 12.1 Å². The topological polar surface area (TPSA) is 59.2 Å². The Balaban J connectivity index is 1.70. The number of hydrogen-bond acceptors (Lipinski definition) is 5. The Morgan fingerprint density at radius 1 is 1.10 bits per heavy atom. The third-order valence-corrected chi connectivity index (χ3v) is 6.10. The van der Waals surface area contributed by atoms with E-state index in [0.717, 1.165) is 37.2 Å². The average molecular weight is 407 g/mol.